The lowest BCUT2D eigenvalue weighted by molar-refractivity contribution is -0.155. The van der Waals surface area contributed by atoms with Crippen LogP contribution in [0.25, 0.3) is 10.9 Å². The SMILES string of the molecule is CCCCCCCN1CC[C@H](OC(=O)Nc2ccnc3ccc(OC)cc23)[C@H](C(=O)OCC)C1. The number of benzene rings is 1. The summed E-state index contributed by atoms with van der Waals surface area (Å²) in [5.74, 6) is -0.138. The minimum Gasteiger partial charge on any atom is -0.497 e. The number of methoxy groups -OCH3 is 1. The van der Waals surface area contributed by atoms with Gasteiger partial charge in [0.15, 0.2) is 0 Å². The molecule has 0 bridgehead atoms. The highest BCUT2D eigenvalue weighted by Gasteiger charge is 2.37. The third kappa shape index (κ3) is 7.06. The molecule has 3 rings (SSSR count). The largest absolute Gasteiger partial charge is 0.497 e. The second kappa shape index (κ2) is 13.1. The van der Waals surface area contributed by atoms with E-state index >= 15 is 0 Å². The highest BCUT2D eigenvalue weighted by Crippen LogP contribution is 2.27. The van der Waals surface area contributed by atoms with Gasteiger partial charge in [0.1, 0.15) is 17.8 Å². The van der Waals surface area contributed by atoms with Crippen LogP contribution in [0.4, 0.5) is 10.5 Å². The summed E-state index contributed by atoms with van der Waals surface area (Å²) in [6, 6.07) is 7.18. The smallest absolute Gasteiger partial charge is 0.411 e. The molecule has 8 heteroatoms. The molecule has 0 spiro atoms. The fraction of sp³-hybridized carbons (Fsp3) is 0.577. The summed E-state index contributed by atoms with van der Waals surface area (Å²) in [6.07, 6.45) is 7.13. The van der Waals surface area contributed by atoms with Gasteiger partial charge in [-0.3, -0.25) is 15.1 Å². The fourth-order valence-corrected chi connectivity index (χ4v) is 4.39. The van der Waals surface area contributed by atoms with E-state index in [1.807, 2.05) is 18.2 Å². The predicted octanol–water partition coefficient (Wildman–Crippen LogP) is 5.02. The molecule has 0 unspecified atom stereocenters. The number of ether oxygens (including phenoxy) is 3. The zero-order valence-electron chi connectivity index (χ0n) is 20.5. The van der Waals surface area contributed by atoms with E-state index in [4.69, 9.17) is 14.2 Å². The van der Waals surface area contributed by atoms with E-state index in [-0.39, 0.29) is 5.97 Å². The molecule has 1 aliphatic heterocycles. The first-order valence-corrected chi connectivity index (χ1v) is 12.3. The highest BCUT2D eigenvalue weighted by molar-refractivity contribution is 5.99. The van der Waals surface area contributed by atoms with Crippen LogP contribution in [0.2, 0.25) is 0 Å². The van der Waals surface area contributed by atoms with Crippen LogP contribution >= 0.6 is 0 Å². The van der Waals surface area contributed by atoms with Gasteiger partial charge in [0, 0.05) is 24.7 Å². The standard InChI is InChI=1S/C26H37N3O5/c1-4-6-7-8-9-15-29-16-13-24(21(18-29)25(30)33-5-2)34-26(31)28-23-12-14-27-22-11-10-19(32-3)17-20(22)23/h10-12,14,17,21,24H,4-9,13,15-16,18H2,1-3H3,(H,27,28,31)/t21-,24+/m1/s1. The summed E-state index contributed by atoms with van der Waals surface area (Å²) in [7, 11) is 1.59. The second-order valence-corrected chi connectivity index (χ2v) is 8.67. The number of aromatic nitrogens is 1. The van der Waals surface area contributed by atoms with Gasteiger partial charge >= 0.3 is 12.1 Å². The van der Waals surface area contributed by atoms with E-state index in [0.29, 0.717) is 31.0 Å². The zero-order valence-corrected chi connectivity index (χ0v) is 20.5. The Labute approximate surface area is 202 Å². The van der Waals surface area contributed by atoms with Gasteiger partial charge in [-0.2, -0.15) is 0 Å². The van der Waals surface area contributed by atoms with Gasteiger partial charge in [-0.1, -0.05) is 32.6 Å². The van der Waals surface area contributed by atoms with E-state index < -0.39 is 18.1 Å². The molecule has 2 atom stereocenters. The van der Waals surface area contributed by atoms with Crippen LogP contribution in [0.3, 0.4) is 0 Å². The normalized spacial score (nSPS) is 18.4. The van der Waals surface area contributed by atoms with Gasteiger partial charge in [0.05, 0.1) is 24.9 Å². The summed E-state index contributed by atoms with van der Waals surface area (Å²) in [5.41, 5.74) is 1.31. The Balaban J connectivity index is 1.63. The number of hydrogen-bond donors (Lipinski definition) is 1. The molecule has 34 heavy (non-hydrogen) atoms. The Bertz CT molecular complexity index is 951. The van der Waals surface area contributed by atoms with Gasteiger partial charge in [-0.15, -0.1) is 0 Å². The topological polar surface area (TPSA) is 90.0 Å². The number of carbonyl (C=O) groups excluding carboxylic acids is 2. The lowest BCUT2D eigenvalue weighted by Gasteiger charge is -2.36. The van der Waals surface area contributed by atoms with Crippen molar-refractivity contribution in [2.75, 3.05) is 38.7 Å². The number of likely N-dealkylation sites (tertiary alicyclic amines) is 1. The summed E-state index contributed by atoms with van der Waals surface area (Å²) in [5, 5.41) is 3.57. The Morgan fingerprint density at radius 3 is 2.74 bits per heavy atom. The maximum absolute atomic E-state index is 12.8. The highest BCUT2D eigenvalue weighted by atomic mass is 16.6. The number of anilines is 1. The maximum Gasteiger partial charge on any atom is 0.411 e. The maximum atomic E-state index is 12.8. The molecule has 186 valence electrons. The monoisotopic (exact) mass is 471 g/mol. The molecule has 2 heterocycles. The first-order chi connectivity index (χ1) is 16.5. The molecular weight excluding hydrogens is 434 g/mol. The van der Waals surface area contributed by atoms with Crippen LogP contribution in [0, 0.1) is 5.92 Å². The minimum atomic E-state index is -0.595. The van der Waals surface area contributed by atoms with E-state index in [0.717, 1.165) is 30.4 Å². The number of fused-ring (bicyclic) bond motifs is 1. The van der Waals surface area contributed by atoms with Crippen molar-refractivity contribution in [3.8, 4) is 5.75 Å². The molecule has 0 radical (unpaired) electrons. The molecule has 1 aliphatic rings. The number of hydrogen-bond acceptors (Lipinski definition) is 7. The van der Waals surface area contributed by atoms with Gasteiger partial charge in [0.2, 0.25) is 0 Å². The predicted molar refractivity (Wildman–Crippen MR) is 132 cm³/mol. The zero-order chi connectivity index (χ0) is 24.3. The van der Waals surface area contributed by atoms with Crippen LogP contribution < -0.4 is 10.1 Å². The van der Waals surface area contributed by atoms with Crippen molar-refractivity contribution in [3.63, 3.8) is 0 Å². The van der Waals surface area contributed by atoms with Crippen molar-refractivity contribution in [2.24, 2.45) is 5.92 Å². The Kier molecular flexibility index (Phi) is 9.94. The summed E-state index contributed by atoms with van der Waals surface area (Å²) >= 11 is 0. The minimum absolute atomic E-state index is 0.302. The quantitative estimate of drug-likeness (QED) is 0.364. The molecular formula is C26H37N3O5. The number of carbonyl (C=O) groups is 2. The number of piperidine rings is 1. The third-order valence-electron chi connectivity index (χ3n) is 6.24. The Morgan fingerprint density at radius 1 is 1.15 bits per heavy atom. The number of amides is 1. The van der Waals surface area contributed by atoms with E-state index in [1.54, 1.807) is 26.3 Å². The Morgan fingerprint density at radius 2 is 1.97 bits per heavy atom. The Hall–Kier alpha value is -2.87. The molecule has 1 aromatic carbocycles. The van der Waals surface area contributed by atoms with Gasteiger partial charge in [0.25, 0.3) is 0 Å². The van der Waals surface area contributed by atoms with Crippen molar-refractivity contribution in [2.45, 2.75) is 58.5 Å². The van der Waals surface area contributed by atoms with Crippen molar-refractivity contribution in [1.82, 2.24) is 9.88 Å². The number of unbranched alkanes of at least 4 members (excludes halogenated alkanes) is 4. The number of esters is 1. The molecule has 0 saturated carbocycles. The van der Waals surface area contributed by atoms with E-state index in [1.165, 1.54) is 25.7 Å². The number of rotatable bonds is 11. The lowest BCUT2D eigenvalue weighted by Crippen LogP contribution is -2.49. The molecule has 8 nitrogen and oxygen atoms in total. The third-order valence-corrected chi connectivity index (χ3v) is 6.24. The first-order valence-electron chi connectivity index (χ1n) is 12.3. The van der Waals surface area contributed by atoms with E-state index in [2.05, 4.69) is 22.1 Å². The van der Waals surface area contributed by atoms with Crippen LogP contribution in [0.1, 0.15) is 52.4 Å². The first kappa shape index (κ1) is 25.7. The second-order valence-electron chi connectivity index (χ2n) is 8.67. The molecule has 1 N–H and O–H groups in total. The van der Waals surface area contributed by atoms with Crippen molar-refractivity contribution >= 4 is 28.7 Å². The van der Waals surface area contributed by atoms with Gasteiger partial charge < -0.3 is 19.1 Å². The lowest BCUT2D eigenvalue weighted by atomic mass is 9.94. The molecule has 1 aromatic heterocycles. The van der Waals surface area contributed by atoms with E-state index in [9.17, 15) is 9.59 Å². The molecule has 0 aliphatic carbocycles. The molecule has 1 fully saturated rings. The summed E-state index contributed by atoms with van der Waals surface area (Å²) in [4.78, 5) is 32.1. The number of pyridine rings is 1. The molecule has 1 saturated heterocycles. The summed E-state index contributed by atoms with van der Waals surface area (Å²) < 4.78 is 16.4. The summed E-state index contributed by atoms with van der Waals surface area (Å²) in [6.45, 7) is 6.58. The molecule has 1 amide bonds. The van der Waals surface area contributed by atoms with Crippen molar-refractivity contribution in [1.29, 1.82) is 0 Å². The van der Waals surface area contributed by atoms with Crippen LogP contribution in [-0.4, -0.2) is 61.4 Å². The van der Waals surface area contributed by atoms with Crippen LogP contribution in [-0.2, 0) is 14.3 Å². The molecule has 2 aromatic rings. The van der Waals surface area contributed by atoms with Gasteiger partial charge in [-0.25, -0.2) is 4.79 Å². The van der Waals surface area contributed by atoms with Crippen LogP contribution in [0.5, 0.6) is 5.75 Å². The van der Waals surface area contributed by atoms with Crippen LogP contribution in [0.15, 0.2) is 30.5 Å². The van der Waals surface area contributed by atoms with Crippen molar-refractivity contribution < 1.29 is 23.8 Å². The van der Waals surface area contributed by atoms with Crippen molar-refractivity contribution in [3.05, 3.63) is 30.5 Å². The number of nitrogens with zero attached hydrogens (tertiary/aromatic N) is 2. The average molecular weight is 472 g/mol. The average Bonchev–Trinajstić information content (AvgIpc) is 2.84. The fourth-order valence-electron chi connectivity index (χ4n) is 4.39. The van der Waals surface area contributed by atoms with Gasteiger partial charge in [-0.05, 0) is 50.6 Å². The number of nitrogens with one attached hydrogen (secondary N) is 1.